The summed E-state index contributed by atoms with van der Waals surface area (Å²) < 4.78 is 5.36. The average Bonchev–Trinajstić information content (AvgIpc) is 2.52. The fraction of sp³-hybridized carbons (Fsp3) is 1.00. The van der Waals surface area contributed by atoms with Crippen molar-refractivity contribution in [2.75, 3.05) is 26.3 Å². The van der Waals surface area contributed by atoms with Crippen LogP contribution in [0.3, 0.4) is 0 Å². The minimum Gasteiger partial charge on any atom is -0.381 e. The van der Waals surface area contributed by atoms with Crippen LogP contribution in [0.5, 0.6) is 0 Å². The largest absolute Gasteiger partial charge is 0.381 e. The summed E-state index contributed by atoms with van der Waals surface area (Å²) in [5, 5.41) is 0. The van der Waals surface area contributed by atoms with Gasteiger partial charge in [-0.05, 0) is 39.2 Å². The van der Waals surface area contributed by atoms with Crippen molar-refractivity contribution >= 4 is 0 Å². The zero-order valence-corrected chi connectivity index (χ0v) is 9.17. The lowest BCUT2D eigenvalue weighted by molar-refractivity contribution is 0.0367. The van der Waals surface area contributed by atoms with Gasteiger partial charge >= 0.3 is 0 Å². The summed E-state index contributed by atoms with van der Waals surface area (Å²) in [6.45, 7) is 6.31. The zero-order valence-electron chi connectivity index (χ0n) is 9.17. The minimum atomic E-state index is 0.0247. The van der Waals surface area contributed by atoms with E-state index in [0.29, 0.717) is 0 Å². The van der Waals surface area contributed by atoms with E-state index in [2.05, 4.69) is 11.8 Å². The third-order valence-corrected chi connectivity index (χ3v) is 3.70. The molecule has 2 rings (SSSR count). The Morgan fingerprint density at radius 1 is 1.43 bits per heavy atom. The molecule has 0 bridgehead atoms. The topological polar surface area (TPSA) is 38.5 Å². The molecule has 0 aromatic carbocycles. The van der Waals surface area contributed by atoms with Crippen LogP contribution in [0, 0.1) is 0 Å². The van der Waals surface area contributed by atoms with Gasteiger partial charge < -0.3 is 10.5 Å². The Kier molecular flexibility index (Phi) is 3.10. The molecule has 2 N–H and O–H groups in total. The molecule has 82 valence electrons. The Bertz CT molecular complexity index is 190. The number of hydrogen-bond acceptors (Lipinski definition) is 3. The number of nitrogens with two attached hydrogens (primary N) is 1. The van der Waals surface area contributed by atoms with Crippen LogP contribution in [0.15, 0.2) is 0 Å². The molecular formula is C11H22N2O. The highest BCUT2D eigenvalue weighted by Crippen LogP contribution is 2.24. The molecule has 2 aliphatic rings. The molecule has 0 aliphatic carbocycles. The van der Waals surface area contributed by atoms with Gasteiger partial charge in [0.25, 0.3) is 0 Å². The predicted octanol–water partition coefficient (Wildman–Crippen LogP) is 0.979. The predicted molar refractivity (Wildman–Crippen MR) is 57.2 cm³/mol. The molecule has 0 aromatic rings. The van der Waals surface area contributed by atoms with Gasteiger partial charge in [-0.1, -0.05) is 0 Å². The van der Waals surface area contributed by atoms with E-state index in [4.69, 9.17) is 10.5 Å². The molecule has 1 unspecified atom stereocenters. The van der Waals surface area contributed by atoms with E-state index >= 15 is 0 Å². The maximum atomic E-state index is 6.38. The molecule has 0 amide bonds. The molecule has 2 aliphatic heterocycles. The van der Waals surface area contributed by atoms with Crippen LogP contribution < -0.4 is 5.73 Å². The normalized spacial score (nSPS) is 33.4. The zero-order chi connectivity index (χ0) is 10.0. The second kappa shape index (κ2) is 4.17. The molecule has 2 heterocycles. The van der Waals surface area contributed by atoms with Gasteiger partial charge in [0.1, 0.15) is 0 Å². The Labute approximate surface area is 86.6 Å². The van der Waals surface area contributed by atoms with E-state index in [1.165, 1.54) is 19.4 Å². The van der Waals surface area contributed by atoms with Crippen LogP contribution in [0.4, 0.5) is 0 Å². The van der Waals surface area contributed by atoms with Crippen LogP contribution in [-0.4, -0.2) is 42.8 Å². The fourth-order valence-corrected chi connectivity index (χ4v) is 2.57. The van der Waals surface area contributed by atoms with Crippen LogP contribution in [-0.2, 0) is 4.74 Å². The standard InChI is InChI=1S/C11H22N2O/c1-10-3-2-6-13(10)9-11(12)4-7-14-8-5-11/h10H,2-9,12H2,1H3. The highest BCUT2D eigenvalue weighted by Gasteiger charge is 2.33. The van der Waals surface area contributed by atoms with Gasteiger partial charge in [0.05, 0.1) is 0 Å². The Morgan fingerprint density at radius 2 is 2.14 bits per heavy atom. The summed E-state index contributed by atoms with van der Waals surface area (Å²) in [7, 11) is 0. The van der Waals surface area contributed by atoms with Crippen molar-refractivity contribution in [2.45, 2.75) is 44.2 Å². The first-order valence-corrected chi connectivity index (χ1v) is 5.80. The third kappa shape index (κ3) is 2.27. The molecule has 0 aromatic heterocycles. The maximum absolute atomic E-state index is 6.38. The van der Waals surface area contributed by atoms with Gasteiger partial charge in [0.15, 0.2) is 0 Å². The van der Waals surface area contributed by atoms with Crippen molar-refractivity contribution in [3.63, 3.8) is 0 Å². The summed E-state index contributed by atoms with van der Waals surface area (Å²) in [6, 6.07) is 0.735. The summed E-state index contributed by atoms with van der Waals surface area (Å²) in [6.07, 6.45) is 4.73. The van der Waals surface area contributed by atoms with Crippen LogP contribution in [0.1, 0.15) is 32.6 Å². The molecule has 0 saturated carbocycles. The van der Waals surface area contributed by atoms with Crippen LogP contribution >= 0.6 is 0 Å². The van der Waals surface area contributed by atoms with Gasteiger partial charge in [-0.2, -0.15) is 0 Å². The third-order valence-electron chi connectivity index (χ3n) is 3.70. The van der Waals surface area contributed by atoms with E-state index in [9.17, 15) is 0 Å². The highest BCUT2D eigenvalue weighted by molar-refractivity contribution is 4.92. The summed E-state index contributed by atoms with van der Waals surface area (Å²) in [5.74, 6) is 0. The van der Waals surface area contributed by atoms with E-state index < -0.39 is 0 Å². The van der Waals surface area contributed by atoms with E-state index in [1.54, 1.807) is 0 Å². The van der Waals surface area contributed by atoms with Crippen molar-refractivity contribution in [1.29, 1.82) is 0 Å². The molecule has 14 heavy (non-hydrogen) atoms. The van der Waals surface area contributed by atoms with Crippen LogP contribution in [0.2, 0.25) is 0 Å². The molecular weight excluding hydrogens is 176 g/mol. The maximum Gasteiger partial charge on any atom is 0.0484 e. The van der Waals surface area contributed by atoms with E-state index in [1.807, 2.05) is 0 Å². The van der Waals surface area contributed by atoms with Crippen molar-refractivity contribution in [1.82, 2.24) is 4.90 Å². The second-order valence-corrected chi connectivity index (χ2v) is 4.94. The first-order valence-electron chi connectivity index (χ1n) is 5.80. The lowest BCUT2D eigenvalue weighted by Gasteiger charge is -2.38. The van der Waals surface area contributed by atoms with Gasteiger partial charge in [-0.25, -0.2) is 0 Å². The summed E-state index contributed by atoms with van der Waals surface area (Å²) in [4.78, 5) is 2.55. The molecule has 1 atom stereocenters. The van der Waals surface area contributed by atoms with E-state index in [0.717, 1.165) is 38.6 Å². The highest BCUT2D eigenvalue weighted by atomic mass is 16.5. The Morgan fingerprint density at radius 3 is 2.71 bits per heavy atom. The second-order valence-electron chi connectivity index (χ2n) is 4.94. The van der Waals surface area contributed by atoms with Crippen molar-refractivity contribution in [2.24, 2.45) is 5.73 Å². The molecule has 2 saturated heterocycles. The molecule has 0 radical (unpaired) electrons. The SMILES string of the molecule is CC1CCCN1CC1(N)CCOCC1. The fourth-order valence-electron chi connectivity index (χ4n) is 2.57. The van der Waals surface area contributed by atoms with Crippen molar-refractivity contribution in [3.05, 3.63) is 0 Å². The van der Waals surface area contributed by atoms with Crippen molar-refractivity contribution < 1.29 is 4.74 Å². The van der Waals surface area contributed by atoms with E-state index in [-0.39, 0.29) is 5.54 Å². The first-order chi connectivity index (χ1) is 6.70. The number of hydrogen-bond donors (Lipinski definition) is 1. The quantitative estimate of drug-likeness (QED) is 0.719. The lowest BCUT2D eigenvalue weighted by Crippen LogP contribution is -2.54. The first kappa shape index (κ1) is 10.4. The van der Waals surface area contributed by atoms with Crippen LogP contribution in [0.25, 0.3) is 0 Å². The minimum absolute atomic E-state index is 0.0247. The van der Waals surface area contributed by atoms with Gasteiger partial charge in [-0.3, -0.25) is 4.90 Å². The lowest BCUT2D eigenvalue weighted by atomic mass is 9.90. The monoisotopic (exact) mass is 198 g/mol. The number of nitrogens with zero attached hydrogens (tertiary/aromatic N) is 1. The number of ether oxygens (including phenoxy) is 1. The average molecular weight is 198 g/mol. The molecule has 0 spiro atoms. The summed E-state index contributed by atoms with van der Waals surface area (Å²) >= 11 is 0. The smallest absolute Gasteiger partial charge is 0.0484 e. The van der Waals surface area contributed by atoms with Gasteiger partial charge in [0, 0.05) is 31.3 Å². The molecule has 3 nitrogen and oxygen atoms in total. The van der Waals surface area contributed by atoms with Gasteiger partial charge in [-0.15, -0.1) is 0 Å². The molecule has 3 heteroatoms. The Balaban J connectivity index is 1.88. The van der Waals surface area contributed by atoms with Gasteiger partial charge in [0.2, 0.25) is 0 Å². The number of likely N-dealkylation sites (tertiary alicyclic amines) is 1. The summed E-state index contributed by atoms with van der Waals surface area (Å²) in [5.41, 5.74) is 6.40. The Hall–Kier alpha value is -0.120. The molecule has 2 fully saturated rings. The van der Waals surface area contributed by atoms with Crippen molar-refractivity contribution in [3.8, 4) is 0 Å². The number of rotatable bonds is 2.